The highest BCUT2D eigenvalue weighted by Gasteiger charge is 2.28. The van der Waals surface area contributed by atoms with Gasteiger partial charge in [0.25, 0.3) is 0 Å². The Morgan fingerprint density at radius 1 is 1.13 bits per heavy atom. The van der Waals surface area contributed by atoms with Crippen LogP contribution in [0.3, 0.4) is 0 Å². The van der Waals surface area contributed by atoms with E-state index in [0.717, 1.165) is 24.2 Å². The third kappa shape index (κ3) is 3.21. The molecule has 1 fully saturated rings. The summed E-state index contributed by atoms with van der Waals surface area (Å²) in [6.07, 6.45) is 4.09. The van der Waals surface area contributed by atoms with E-state index in [1.54, 1.807) is 9.36 Å². The molecule has 0 amide bonds. The third-order valence-corrected chi connectivity index (χ3v) is 4.92. The maximum absolute atomic E-state index is 12.4. The zero-order chi connectivity index (χ0) is 15.6. The summed E-state index contributed by atoms with van der Waals surface area (Å²) in [6.45, 7) is 0. The average Bonchev–Trinajstić information content (AvgIpc) is 3.13. The molecule has 0 saturated heterocycles. The molecule has 1 aromatic carbocycles. The predicted molar refractivity (Wildman–Crippen MR) is 85.2 cm³/mol. The van der Waals surface area contributed by atoms with Crippen molar-refractivity contribution in [1.82, 2.24) is 30.0 Å². The molecule has 0 spiro atoms. The van der Waals surface area contributed by atoms with Gasteiger partial charge in [0.1, 0.15) is 0 Å². The van der Waals surface area contributed by atoms with Crippen LogP contribution in [0.2, 0.25) is 0 Å². The molecule has 7 nitrogen and oxygen atoms in total. The van der Waals surface area contributed by atoms with Gasteiger partial charge >= 0.3 is 0 Å². The fourth-order valence-corrected chi connectivity index (χ4v) is 3.50. The zero-order valence-corrected chi connectivity index (χ0v) is 13.3. The van der Waals surface area contributed by atoms with Gasteiger partial charge in [-0.25, -0.2) is 9.36 Å². The Labute approximate surface area is 135 Å². The molecule has 23 heavy (non-hydrogen) atoms. The fraction of sp³-hybridized carbons (Fsp3) is 0.333. The summed E-state index contributed by atoms with van der Waals surface area (Å²) >= 11 is 0. The summed E-state index contributed by atoms with van der Waals surface area (Å²) < 4.78 is 16.0. The topological polar surface area (TPSA) is 78.5 Å². The molecule has 0 radical (unpaired) electrons. The van der Waals surface area contributed by atoms with Crippen molar-refractivity contribution >= 4 is 10.8 Å². The molecular weight excluding hydrogens is 312 g/mol. The molecule has 3 aromatic rings. The van der Waals surface area contributed by atoms with Crippen LogP contribution in [-0.4, -0.2) is 34.2 Å². The van der Waals surface area contributed by atoms with E-state index < -0.39 is 10.8 Å². The molecule has 4 rings (SSSR count). The normalized spacial score (nSPS) is 15.7. The van der Waals surface area contributed by atoms with Crippen molar-refractivity contribution in [3.63, 3.8) is 0 Å². The van der Waals surface area contributed by atoms with Crippen LogP contribution in [0.25, 0.3) is 5.69 Å². The summed E-state index contributed by atoms with van der Waals surface area (Å²) in [7, 11) is -1.08. The number of hydrogen-bond donors (Lipinski definition) is 0. The molecule has 0 aliphatic heterocycles. The van der Waals surface area contributed by atoms with Gasteiger partial charge in [-0.15, -0.1) is 5.10 Å². The van der Waals surface area contributed by atoms with Crippen LogP contribution in [0, 0.1) is 0 Å². The summed E-state index contributed by atoms with van der Waals surface area (Å²) in [6, 6.07) is 12.2. The number of benzene rings is 1. The minimum absolute atomic E-state index is 0.363. The minimum Gasteiger partial charge on any atom is -0.259 e. The molecule has 0 N–H and O–H groups in total. The molecule has 0 bridgehead atoms. The second-order valence-corrected chi connectivity index (χ2v) is 7.04. The second-order valence-electron chi connectivity index (χ2n) is 5.59. The quantitative estimate of drug-likeness (QED) is 0.687. The Kier molecular flexibility index (Phi) is 3.74. The van der Waals surface area contributed by atoms with Gasteiger partial charge in [-0.2, -0.15) is 5.10 Å². The Balaban J connectivity index is 1.43. The molecule has 1 atom stereocenters. The first-order valence-corrected chi connectivity index (χ1v) is 9.00. The standard InChI is InChI=1S/C15H16N6OS/c22-23(11-15-16-18-19-21(15)14-6-7-14)10-12-8-9-20(17-12)13-4-2-1-3-5-13/h1-5,8-9,14H,6-7,10-11H2. The lowest BCUT2D eigenvalue weighted by atomic mass is 10.3. The first-order chi connectivity index (χ1) is 11.3. The van der Waals surface area contributed by atoms with Gasteiger partial charge in [-0.3, -0.25) is 4.21 Å². The first kappa shape index (κ1) is 14.3. The largest absolute Gasteiger partial charge is 0.259 e. The molecule has 8 heteroatoms. The molecular formula is C15H16N6OS. The average molecular weight is 328 g/mol. The number of aromatic nitrogens is 6. The van der Waals surface area contributed by atoms with Crippen molar-refractivity contribution in [1.29, 1.82) is 0 Å². The summed E-state index contributed by atoms with van der Waals surface area (Å²) in [5.74, 6) is 1.47. The summed E-state index contributed by atoms with van der Waals surface area (Å²) in [5, 5.41) is 16.2. The van der Waals surface area contributed by atoms with E-state index in [2.05, 4.69) is 20.6 Å². The van der Waals surface area contributed by atoms with Gasteiger partial charge in [0.05, 0.1) is 28.9 Å². The molecule has 1 unspecified atom stereocenters. The second kappa shape index (κ2) is 6.04. The van der Waals surface area contributed by atoms with Crippen LogP contribution in [0.15, 0.2) is 42.6 Å². The van der Waals surface area contributed by atoms with Gasteiger partial charge in [-0.05, 0) is 41.5 Å². The van der Waals surface area contributed by atoms with Crippen molar-refractivity contribution in [3.05, 3.63) is 54.1 Å². The molecule has 1 aliphatic carbocycles. The number of nitrogens with zero attached hydrogens (tertiary/aromatic N) is 6. The Morgan fingerprint density at radius 2 is 1.96 bits per heavy atom. The lowest BCUT2D eigenvalue weighted by Crippen LogP contribution is -2.08. The van der Waals surface area contributed by atoms with Crippen molar-refractivity contribution in [3.8, 4) is 5.69 Å². The Bertz CT molecular complexity index is 823. The van der Waals surface area contributed by atoms with Gasteiger partial charge < -0.3 is 0 Å². The zero-order valence-electron chi connectivity index (χ0n) is 12.4. The van der Waals surface area contributed by atoms with Gasteiger partial charge in [0, 0.05) is 17.0 Å². The molecule has 1 aliphatic rings. The molecule has 2 aromatic heterocycles. The van der Waals surface area contributed by atoms with Crippen molar-refractivity contribution in [2.24, 2.45) is 0 Å². The third-order valence-electron chi connectivity index (χ3n) is 3.72. The number of rotatable bonds is 6. The highest BCUT2D eigenvalue weighted by atomic mass is 32.2. The SMILES string of the molecule is O=S(Cc1ccn(-c2ccccc2)n1)Cc1nnnn1C1CC1. The monoisotopic (exact) mass is 328 g/mol. The number of tetrazole rings is 1. The minimum atomic E-state index is -1.08. The van der Waals surface area contributed by atoms with Crippen molar-refractivity contribution < 1.29 is 4.21 Å². The highest BCUT2D eigenvalue weighted by molar-refractivity contribution is 7.83. The lowest BCUT2D eigenvalue weighted by molar-refractivity contribution is 0.591. The number of para-hydroxylation sites is 1. The highest BCUT2D eigenvalue weighted by Crippen LogP contribution is 2.34. The summed E-state index contributed by atoms with van der Waals surface area (Å²) in [5.41, 5.74) is 1.79. The van der Waals surface area contributed by atoms with Gasteiger partial charge in [0.2, 0.25) is 0 Å². The summed E-state index contributed by atoms with van der Waals surface area (Å²) in [4.78, 5) is 0. The van der Waals surface area contributed by atoms with E-state index in [1.165, 1.54) is 0 Å². The van der Waals surface area contributed by atoms with E-state index in [9.17, 15) is 4.21 Å². The van der Waals surface area contributed by atoms with Gasteiger partial charge in [0.15, 0.2) is 5.82 Å². The Morgan fingerprint density at radius 3 is 2.74 bits per heavy atom. The van der Waals surface area contributed by atoms with E-state index in [-0.39, 0.29) is 0 Å². The van der Waals surface area contributed by atoms with E-state index in [1.807, 2.05) is 42.6 Å². The van der Waals surface area contributed by atoms with E-state index in [4.69, 9.17) is 0 Å². The van der Waals surface area contributed by atoms with Gasteiger partial charge in [-0.1, -0.05) is 18.2 Å². The molecule has 2 heterocycles. The maximum Gasteiger partial charge on any atom is 0.164 e. The van der Waals surface area contributed by atoms with E-state index >= 15 is 0 Å². The van der Waals surface area contributed by atoms with Crippen molar-refractivity contribution in [2.75, 3.05) is 0 Å². The van der Waals surface area contributed by atoms with Crippen LogP contribution in [-0.2, 0) is 22.3 Å². The van der Waals surface area contributed by atoms with Crippen LogP contribution in [0.4, 0.5) is 0 Å². The predicted octanol–water partition coefficient (Wildman–Crippen LogP) is 1.64. The van der Waals surface area contributed by atoms with Crippen LogP contribution < -0.4 is 0 Å². The van der Waals surface area contributed by atoms with Crippen LogP contribution in [0.1, 0.15) is 30.4 Å². The molecule has 1 saturated carbocycles. The first-order valence-electron chi connectivity index (χ1n) is 7.51. The van der Waals surface area contributed by atoms with Crippen LogP contribution >= 0.6 is 0 Å². The fourth-order valence-electron chi connectivity index (χ4n) is 2.43. The number of hydrogen-bond acceptors (Lipinski definition) is 5. The Hall–Kier alpha value is -2.35. The lowest BCUT2D eigenvalue weighted by Gasteiger charge is -2.02. The van der Waals surface area contributed by atoms with Crippen LogP contribution in [0.5, 0.6) is 0 Å². The van der Waals surface area contributed by atoms with E-state index in [0.29, 0.717) is 23.4 Å². The smallest absolute Gasteiger partial charge is 0.164 e. The maximum atomic E-state index is 12.4. The van der Waals surface area contributed by atoms with Crippen molar-refractivity contribution in [2.45, 2.75) is 30.4 Å². The molecule has 118 valence electrons.